The molecule has 138 valence electrons. The Hall–Kier alpha value is -2.18. The largest absolute Gasteiger partial charge is 0.467 e. The molecule has 1 amide bonds. The lowest BCUT2D eigenvalue weighted by Crippen LogP contribution is -2.43. The average Bonchev–Trinajstić information content (AvgIpc) is 2.59. The number of esters is 1. The first kappa shape index (κ1) is 20.1. The Morgan fingerprint density at radius 3 is 2.46 bits per heavy atom. The molecule has 0 aliphatic rings. The van der Waals surface area contributed by atoms with Gasteiger partial charge in [-0.3, -0.25) is 4.79 Å². The summed E-state index contributed by atoms with van der Waals surface area (Å²) in [4.78, 5) is 24.1. The van der Waals surface area contributed by atoms with E-state index in [0.717, 1.165) is 12.1 Å². The number of amides is 1. The number of benzene rings is 2. The fourth-order valence-electron chi connectivity index (χ4n) is 2.32. The number of carbonyl (C=O) groups is 2. The second-order valence-corrected chi connectivity index (χ2v) is 6.35. The van der Waals surface area contributed by atoms with Crippen LogP contribution in [0.5, 0.6) is 0 Å². The molecule has 0 saturated carbocycles. The number of methoxy groups -OCH3 is 1. The van der Waals surface area contributed by atoms with Crippen LogP contribution in [-0.4, -0.2) is 25.0 Å². The standard InChI is InChI=1S/C18H15Cl2F2NO3/c1-26-18(25)16(8-11-3-4-12(19)9-13(11)20)23-17(24)7-10-2-5-14(21)15(22)6-10/h2-6,9,16H,7-8H2,1H3,(H,23,24)/t16-/m1/s1. The van der Waals surface area contributed by atoms with Crippen molar-refractivity contribution in [3.8, 4) is 0 Å². The number of hydrogen-bond acceptors (Lipinski definition) is 3. The second-order valence-electron chi connectivity index (χ2n) is 5.51. The Balaban J connectivity index is 2.10. The average molecular weight is 402 g/mol. The van der Waals surface area contributed by atoms with E-state index >= 15 is 0 Å². The van der Waals surface area contributed by atoms with Crippen LogP contribution in [0.4, 0.5) is 8.78 Å². The molecule has 0 aliphatic heterocycles. The highest BCUT2D eigenvalue weighted by molar-refractivity contribution is 6.35. The number of ether oxygens (including phenoxy) is 1. The zero-order chi connectivity index (χ0) is 19.3. The van der Waals surface area contributed by atoms with E-state index in [9.17, 15) is 18.4 Å². The third-order valence-electron chi connectivity index (χ3n) is 3.61. The Kier molecular flexibility index (Phi) is 6.94. The Bertz CT molecular complexity index is 830. The van der Waals surface area contributed by atoms with Crippen molar-refractivity contribution in [2.75, 3.05) is 7.11 Å². The summed E-state index contributed by atoms with van der Waals surface area (Å²) in [5.41, 5.74) is 0.870. The lowest BCUT2D eigenvalue weighted by molar-refractivity contribution is -0.145. The van der Waals surface area contributed by atoms with Crippen LogP contribution in [0.1, 0.15) is 11.1 Å². The fourth-order valence-corrected chi connectivity index (χ4v) is 2.81. The van der Waals surface area contributed by atoms with E-state index in [4.69, 9.17) is 27.9 Å². The molecule has 0 heterocycles. The maximum Gasteiger partial charge on any atom is 0.328 e. The maximum absolute atomic E-state index is 13.2. The Morgan fingerprint density at radius 2 is 1.85 bits per heavy atom. The van der Waals surface area contributed by atoms with Crippen LogP contribution in [0, 0.1) is 11.6 Å². The lowest BCUT2D eigenvalue weighted by Gasteiger charge is -2.17. The predicted molar refractivity (Wildman–Crippen MR) is 94.2 cm³/mol. The van der Waals surface area contributed by atoms with Crippen molar-refractivity contribution < 1.29 is 23.1 Å². The Labute approximate surface area is 159 Å². The van der Waals surface area contributed by atoms with Gasteiger partial charge in [-0.25, -0.2) is 13.6 Å². The van der Waals surface area contributed by atoms with Gasteiger partial charge in [-0.2, -0.15) is 0 Å². The van der Waals surface area contributed by atoms with Gasteiger partial charge in [0.1, 0.15) is 6.04 Å². The number of rotatable bonds is 6. The van der Waals surface area contributed by atoms with Crippen LogP contribution in [0.25, 0.3) is 0 Å². The van der Waals surface area contributed by atoms with E-state index in [0.29, 0.717) is 15.6 Å². The van der Waals surface area contributed by atoms with E-state index < -0.39 is 29.6 Å². The first-order valence-corrected chi connectivity index (χ1v) is 8.30. The van der Waals surface area contributed by atoms with Crippen molar-refractivity contribution in [1.82, 2.24) is 5.32 Å². The van der Waals surface area contributed by atoms with Gasteiger partial charge in [-0.1, -0.05) is 35.3 Å². The van der Waals surface area contributed by atoms with Crippen LogP contribution >= 0.6 is 23.2 Å². The minimum absolute atomic E-state index is 0.0895. The molecule has 2 aromatic carbocycles. The van der Waals surface area contributed by atoms with Gasteiger partial charge in [-0.15, -0.1) is 0 Å². The SMILES string of the molecule is COC(=O)[C@@H](Cc1ccc(Cl)cc1Cl)NC(=O)Cc1ccc(F)c(F)c1. The molecule has 0 aromatic heterocycles. The van der Waals surface area contributed by atoms with Gasteiger partial charge >= 0.3 is 5.97 Å². The molecule has 0 radical (unpaired) electrons. The van der Waals surface area contributed by atoms with Crippen molar-refractivity contribution >= 4 is 35.1 Å². The van der Waals surface area contributed by atoms with Crippen LogP contribution in [-0.2, 0) is 27.2 Å². The molecule has 1 N–H and O–H groups in total. The summed E-state index contributed by atoms with van der Waals surface area (Å²) in [6, 6.07) is 6.94. The summed E-state index contributed by atoms with van der Waals surface area (Å²) in [7, 11) is 1.19. The number of hydrogen-bond donors (Lipinski definition) is 1. The molecule has 8 heteroatoms. The quantitative estimate of drug-likeness (QED) is 0.750. The number of carbonyl (C=O) groups excluding carboxylic acids is 2. The molecule has 0 bridgehead atoms. The van der Waals surface area contributed by atoms with Crippen LogP contribution in [0.3, 0.4) is 0 Å². The molecule has 1 atom stereocenters. The maximum atomic E-state index is 13.2. The minimum Gasteiger partial charge on any atom is -0.467 e. The molecule has 0 fully saturated rings. The summed E-state index contributed by atoms with van der Waals surface area (Å²) in [6.07, 6.45) is -0.134. The summed E-state index contributed by atoms with van der Waals surface area (Å²) in [6.45, 7) is 0. The normalized spacial score (nSPS) is 11.7. The first-order valence-electron chi connectivity index (χ1n) is 7.55. The predicted octanol–water partition coefficient (Wildman–Crippen LogP) is 3.71. The topological polar surface area (TPSA) is 55.4 Å². The third-order valence-corrected chi connectivity index (χ3v) is 4.20. The van der Waals surface area contributed by atoms with Crippen LogP contribution in [0.15, 0.2) is 36.4 Å². The monoisotopic (exact) mass is 401 g/mol. The molecule has 2 aromatic rings. The van der Waals surface area contributed by atoms with Gasteiger partial charge in [0.25, 0.3) is 0 Å². The van der Waals surface area contributed by atoms with E-state index in [1.165, 1.54) is 19.2 Å². The molecule has 0 saturated heterocycles. The molecule has 0 aliphatic carbocycles. The van der Waals surface area contributed by atoms with Gasteiger partial charge in [0.2, 0.25) is 5.91 Å². The molecule has 4 nitrogen and oxygen atoms in total. The van der Waals surface area contributed by atoms with Gasteiger partial charge in [0.15, 0.2) is 11.6 Å². The molecule has 26 heavy (non-hydrogen) atoms. The van der Waals surface area contributed by atoms with Gasteiger partial charge < -0.3 is 10.1 Å². The molecule has 0 unspecified atom stereocenters. The van der Waals surface area contributed by atoms with E-state index in [1.54, 1.807) is 12.1 Å². The smallest absolute Gasteiger partial charge is 0.328 e. The Morgan fingerprint density at radius 1 is 1.12 bits per heavy atom. The van der Waals surface area contributed by atoms with Crippen LogP contribution in [0.2, 0.25) is 10.0 Å². The third kappa shape index (κ3) is 5.41. The summed E-state index contributed by atoms with van der Waals surface area (Å²) in [5, 5.41) is 3.31. The van der Waals surface area contributed by atoms with E-state index in [-0.39, 0.29) is 18.4 Å². The van der Waals surface area contributed by atoms with E-state index in [2.05, 4.69) is 5.32 Å². The fraction of sp³-hybridized carbons (Fsp3) is 0.222. The van der Waals surface area contributed by atoms with Gasteiger partial charge in [0, 0.05) is 16.5 Å². The summed E-state index contributed by atoms with van der Waals surface area (Å²) >= 11 is 11.9. The van der Waals surface area contributed by atoms with Crippen molar-refractivity contribution in [2.24, 2.45) is 0 Å². The van der Waals surface area contributed by atoms with E-state index in [1.807, 2.05) is 0 Å². The molecule has 0 spiro atoms. The number of halogens is 4. The van der Waals surface area contributed by atoms with Crippen molar-refractivity contribution in [2.45, 2.75) is 18.9 Å². The lowest BCUT2D eigenvalue weighted by atomic mass is 10.0. The van der Waals surface area contributed by atoms with Crippen molar-refractivity contribution in [1.29, 1.82) is 0 Å². The highest BCUT2D eigenvalue weighted by atomic mass is 35.5. The summed E-state index contributed by atoms with van der Waals surface area (Å²) < 4.78 is 30.9. The molecular weight excluding hydrogens is 387 g/mol. The highest BCUT2D eigenvalue weighted by Crippen LogP contribution is 2.22. The van der Waals surface area contributed by atoms with Crippen molar-refractivity contribution in [3.05, 3.63) is 69.2 Å². The van der Waals surface area contributed by atoms with Crippen molar-refractivity contribution in [3.63, 3.8) is 0 Å². The zero-order valence-electron chi connectivity index (χ0n) is 13.7. The highest BCUT2D eigenvalue weighted by Gasteiger charge is 2.23. The van der Waals surface area contributed by atoms with Gasteiger partial charge in [0.05, 0.1) is 13.5 Å². The first-order chi connectivity index (χ1) is 12.3. The van der Waals surface area contributed by atoms with Gasteiger partial charge in [-0.05, 0) is 35.4 Å². The number of nitrogens with one attached hydrogen (secondary N) is 1. The minimum atomic E-state index is -1.05. The zero-order valence-corrected chi connectivity index (χ0v) is 15.2. The summed E-state index contributed by atoms with van der Waals surface area (Å²) in [5.74, 6) is -3.25. The molecule has 2 rings (SSSR count). The second kappa shape index (κ2) is 8.96. The van der Waals surface area contributed by atoms with Crippen LogP contribution < -0.4 is 5.32 Å². The molecular formula is C18H15Cl2F2NO3.